The van der Waals surface area contributed by atoms with Crippen LogP contribution in [0.5, 0.6) is 0 Å². The summed E-state index contributed by atoms with van der Waals surface area (Å²) in [7, 11) is 1.37. The molecule has 5 nitrogen and oxygen atoms in total. The van der Waals surface area contributed by atoms with Gasteiger partial charge >= 0.3 is 41.7 Å². The van der Waals surface area contributed by atoms with Gasteiger partial charge in [-0.1, -0.05) is 0 Å². The maximum Gasteiger partial charge on any atom is 0.460 e. The molecule has 1 N–H and O–H groups in total. The van der Waals surface area contributed by atoms with Gasteiger partial charge in [0.1, 0.15) is 0 Å². The van der Waals surface area contributed by atoms with E-state index in [1.54, 1.807) is 0 Å². The van der Waals surface area contributed by atoms with Gasteiger partial charge in [-0.3, -0.25) is 9.48 Å². The van der Waals surface area contributed by atoms with Crippen LogP contribution in [0, 0.1) is 6.92 Å². The number of hydrogen-bond donors (Lipinski definition) is 1. The zero-order valence-electron chi connectivity index (χ0n) is 14.8. The summed E-state index contributed by atoms with van der Waals surface area (Å²) in [6.45, 7) is 1.36. The predicted octanol–water partition coefficient (Wildman–Crippen LogP) is 3.92. The van der Waals surface area contributed by atoms with Gasteiger partial charge in [0.25, 0.3) is 0 Å². The van der Waals surface area contributed by atoms with Crippen LogP contribution >= 0.6 is 0 Å². The van der Waals surface area contributed by atoms with Crippen molar-refractivity contribution in [2.45, 2.75) is 42.7 Å². The Morgan fingerprint density at radius 2 is 1.35 bits per heavy atom. The van der Waals surface area contributed by atoms with Crippen LogP contribution in [0.4, 0.5) is 57.1 Å². The molecule has 18 heteroatoms. The fraction of sp³-hybridized carbons (Fsp3) is 0.615. The number of aryl methyl sites for hydroxylation is 1. The Kier molecular flexibility index (Phi) is 6.44. The molecule has 0 spiro atoms. The molecular formula is C13H9F13N4O. The molecule has 178 valence electrons. The average molecular weight is 484 g/mol. The van der Waals surface area contributed by atoms with Gasteiger partial charge in [-0.25, -0.2) is 5.43 Å². The van der Waals surface area contributed by atoms with E-state index >= 15 is 0 Å². The van der Waals surface area contributed by atoms with E-state index in [1.165, 1.54) is 18.7 Å². The first-order valence-corrected chi connectivity index (χ1v) is 7.35. The second-order valence-corrected chi connectivity index (χ2v) is 5.88. The molecule has 0 aromatic carbocycles. The van der Waals surface area contributed by atoms with Crippen molar-refractivity contribution >= 4 is 12.1 Å². The Labute approximate surface area is 162 Å². The van der Waals surface area contributed by atoms with Crippen LogP contribution in [0.1, 0.15) is 11.3 Å². The number of amides is 1. The lowest BCUT2D eigenvalue weighted by Crippen LogP contribution is -2.71. The molecule has 0 aliphatic rings. The van der Waals surface area contributed by atoms with Gasteiger partial charge in [-0.15, -0.1) is 0 Å². The minimum Gasteiger partial charge on any atom is -0.272 e. The average Bonchev–Trinajstić information content (AvgIpc) is 2.92. The molecule has 0 saturated carbocycles. The zero-order chi connectivity index (χ0) is 24.8. The lowest BCUT2D eigenvalue weighted by molar-refractivity contribution is -0.436. The first kappa shape index (κ1) is 26.5. The fourth-order valence-electron chi connectivity index (χ4n) is 1.79. The second kappa shape index (κ2) is 7.54. The Bertz CT molecular complexity index is 856. The lowest BCUT2D eigenvalue weighted by atomic mass is 9.93. The molecule has 0 aliphatic carbocycles. The third-order valence-electron chi connectivity index (χ3n) is 3.86. The van der Waals surface area contributed by atoms with Crippen LogP contribution < -0.4 is 5.43 Å². The van der Waals surface area contributed by atoms with Gasteiger partial charge in [0.2, 0.25) is 0 Å². The third kappa shape index (κ3) is 3.90. The monoisotopic (exact) mass is 484 g/mol. The number of aromatic nitrogens is 2. The van der Waals surface area contributed by atoms with E-state index in [0.29, 0.717) is 11.6 Å². The number of nitrogens with zero attached hydrogens (tertiary/aromatic N) is 3. The van der Waals surface area contributed by atoms with Crippen molar-refractivity contribution in [2.24, 2.45) is 12.1 Å². The standard InChI is InChI=1S/C13H9F13N4O/c1-5-6(4-28-30(5)2)3-27-29-7(31)8(14,15)9(16,17)10(18,19)11(20,21)12(22,23)13(24,25)26/h3-4H,1-2H3,(H,29,31)/b27-3-. The van der Waals surface area contributed by atoms with Crippen molar-refractivity contribution in [1.82, 2.24) is 15.2 Å². The maximum absolute atomic E-state index is 13.5. The van der Waals surface area contributed by atoms with Gasteiger partial charge in [-0.2, -0.15) is 67.3 Å². The molecule has 1 amide bonds. The van der Waals surface area contributed by atoms with E-state index in [9.17, 15) is 61.9 Å². The quantitative estimate of drug-likeness (QED) is 0.363. The number of halogens is 13. The molecule has 1 rings (SSSR count). The minimum atomic E-state index is -8.08. The molecule has 1 heterocycles. The number of carbonyl (C=O) groups is 1. The number of carbonyl (C=O) groups excluding carboxylic acids is 1. The van der Waals surface area contributed by atoms with Crippen molar-refractivity contribution in [2.75, 3.05) is 0 Å². The van der Waals surface area contributed by atoms with E-state index in [1.807, 2.05) is 0 Å². The summed E-state index contributed by atoms with van der Waals surface area (Å²) in [5, 5.41) is 6.28. The molecule has 0 bridgehead atoms. The van der Waals surface area contributed by atoms with Crippen molar-refractivity contribution in [3.8, 4) is 0 Å². The molecule has 0 fully saturated rings. The van der Waals surface area contributed by atoms with Crippen molar-refractivity contribution in [1.29, 1.82) is 0 Å². The molecular weight excluding hydrogens is 475 g/mol. The maximum atomic E-state index is 13.5. The first-order chi connectivity index (χ1) is 13.6. The lowest BCUT2D eigenvalue weighted by Gasteiger charge is -2.38. The molecule has 0 atom stereocenters. The molecule has 1 aromatic heterocycles. The Morgan fingerprint density at radius 1 is 0.903 bits per heavy atom. The van der Waals surface area contributed by atoms with Gasteiger partial charge in [0.15, 0.2) is 0 Å². The van der Waals surface area contributed by atoms with E-state index in [4.69, 9.17) is 0 Å². The summed E-state index contributed by atoms with van der Waals surface area (Å²) >= 11 is 0. The number of rotatable bonds is 7. The molecule has 1 aromatic rings. The molecule has 31 heavy (non-hydrogen) atoms. The summed E-state index contributed by atoms with van der Waals surface area (Å²) in [6, 6.07) is 0. The largest absolute Gasteiger partial charge is 0.460 e. The SMILES string of the molecule is Cc1c(/C=N\NC(=O)C(F)(F)C(F)(F)C(F)(F)C(F)(F)C(F)(F)C(F)(F)F)cnn1C. The normalized spacial score (nSPS) is 14.9. The topological polar surface area (TPSA) is 59.3 Å². The summed E-state index contributed by atoms with van der Waals surface area (Å²) in [5.74, 6) is -42.1. The minimum absolute atomic E-state index is 0.0282. The first-order valence-electron chi connectivity index (χ1n) is 7.35. The van der Waals surface area contributed by atoms with Crippen molar-refractivity contribution < 1.29 is 61.9 Å². The van der Waals surface area contributed by atoms with Crippen LogP contribution in [0.3, 0.4) is 0 Å². The van der Waals surface area contributed by atoms with Gasteiger partial charge < -0.3 is 0 Å². The van der Waals surface area contributed by atoms with Crippen molar-refractivity contribution in [3.05, 3.63) is 17.5 Å². The van der Waals surface area contributed by atoms with Gasteiger partial charge in [0, 0.05) is 18.3 Å². The molecule has 0 aliphatic heterocycles. The molecule has 0 saturated heterocycles. The summed E-state index contributed by atoms with van der Waals surface area (Å²) in [4.78, 5) is 11.1. The summed E-state index contributed by atoms with van der Waals surface area (Å²) in [6.07, 6.45) is -6.04. The molecule has 0 unspecified atom stereocenters. The van der Waals surface area contributed by atoms with Gasteiger partial charge in [0.05, 0.1) is 12.4 Å². The Morgan fingerprint density at radius 3 is 1.74 bits per heavy atom. The molecule has 0 radical (unpaired) electrons. The number of hydrazone groups is 1. The van der Waals surface area contributed by atoms with Crippen LogP contribution in [-0.4, -0.2) is 57.7 Å². The highest BCUT2D eigenvalue weighted by Crippen LogP contribution is 2.60. The fourth-order valence-corrected chi connectivity index (χ4v) is 1.79. The van der Waals surface area contributed by atoms with E-state index in [-0.39, 0.29) is 11.3 Å². The van der Waals surface area contributed by atoms with E-state index in [0.717, 1.165) is 6.20 Å². The van der Waals surface area contributed by atoms with Crippen molar-refractivity contribution in [3.63, 3.8) is 0 Å². The highest BCUT2D eigenvalue weighted by molar-refractivity contribution is 5.87. The summed E-state index contributed by atoms with van der Waals surface area (Å²) in [5.41, 5.74) is 0.814. The smallest absolute Gasteiger partial charge is 0.272 e. The number of hydrogen-bond acceptors (Lipinski definition) is 3. The number of nitrogens with one attached hydrogen (secondary N) is 1. The summed E-state index contributed by atoms with van der Waals surface area (Å²) < 4.78 is 169. The van der Waals surface area contributed by atoms with Gasteiger partial charge in [-0.05, 0) is 6.92 Å². The predicted molar refractivity (Wildman–Crippen MR) is 74.5 cm³/mol. The third-order valence-corrected chi connectivity index (χ3v) is 3.86. The highest BCUT2D eigenvalue weighted by atomic mass is 19.4. The van der Waals surface area contributed by atoms with Crippen LogP contribution in [0.25, 0.3) is 0 Å². The highest BCUT2D eigenvalue weighted by Gasteiger charge is 2.91. The Hall–Kier alpha value is -2.56. The zero-order valence-corrected chi connectivity index (χ0v) is 14.8. The van der Waals surface area contributed by atoms with E-state index < -0.39 is 41.7 Å². The van der Waals surface area contributed by atoms with Crippen LogP contribution in [0.15, 0.2) is 11.3 Å². The van der Waals surface area contributed by atoms with Crippen LogP contribution in [-0.2, 0) is 11.8 Å². The van der Waals surface area contributed by atoms with Crippen LogP contribution in [0.2, 0.25) is 0 Å². The second-order valence-electron chi connectivity index (χ2n) is 5.88. The number of alkyl halides is 13. The Balaban J connectivity index is 3.26. The van der Waals surface area contributed by atoms with E-state index in [2.05, 4.69) is 10.2 Å².